The SMILES string of the molecule is O=C(O)c1ccc2cc1C(=O)OC(=O)c1cc(ccc1C(=O)O)OC1(F)C(F)(F)C(F)(F)C1(F)O2. The molecular formula is C20H8F6O9. The Balaban J connectivity index is 2.00. The minimum absolute atomic E-state index is 0.221. The fourth-order valence-electron chi connectivity index (χ4n) is 3.41. The van der Waals surface area contributed by atoms with Crippen LogP contribution in [0.1, 0.15) is 41.4 Å². The Bertz CT molecular complexity index is 1230. The standard InChI is InChI=1S/C20H8F6O9/c21-17(22)18(23,24)20(26)19(17,25)34-7-1-3-9(13(27)28)11(5-7)15(31)33-16(32)12-6-8(35-20)2-4-10(12)14(29)30/h1-6H,(H,27,28)(H,29,30). The van der Waals surface area contributed by atoms with Gasteiger partial charge in [-0.3, -0.25) is 0 Å². The van der Waals surface area contributed by atoms with Gasteiger partial charge in [-0.25, -0.2) is 19.2 Å². The number of cyclic esters (lactones) is 2. The second-order valence-electron chi connectivity index (χ2n) is 7.25. The van der Waals surface area contributed by atoms with Gasteiger partial charge >= 0.3 is 47.4 Å². The van der Waals surface area contributed by atoms with Crippen molar-refractivity contribution >= 4 is 23.9 Å². The third-order valence-electron chi connectivity index (χ3n) is 5.20. The number of carboxylic acids is 2. The van der Waals surface area contributed by atoms with E-state index in [4.69, 9.17) is 0 Å². The van der Waals surface area contributed by atoms with Crippen molar-refractivity contribution in [1.82, 2.24) is 0 Å². The molecule has 1 fully saturated rings. The Morgan fingerprint density at radius 1 is 0.657 bits per heavy atom. The van der Waals surface area contributed by atoms with Gasteiger partial charge in [-0.1, -0.05) is 0 Å². The molecule has 0 saturated heterocycles. The van der Waals surface area contributed by atoms with Crippen molar-refractivity contribution in [2.24, 2.45) is 0 Å². The molecule has 1 aliphatic carbocycles. The summed E-state index contributed by atoms with van der Waals surface area (Å²) in [6.07, 6.45) is 0. The summed E-state index contributed by atoms with van der Waals surface area (Å²) in [7, 11) is 0. The molecule has 4 bridgehead atoms. The summed E-state index contributed by atoms with van der Waals surface area (Å²) >= 11 is 0. The summed E-state index contributed by atoms with van der Waals surface area (Å²) in [5.74, 6) is -32.0. The normalized spacial score (nSPS) is 26.2. The van der Waals surface area contributed by atoms with Crippen LogP contribution in [-0.4, -0.2) is 57.6 Å². The molecule has 2 aliphatic rings. The largest absolute Gasteiger partial charge is 0.478 e. The number of carbonyl (C=O) groups is 4. The predicted molar refractivity (Wildman–Crippen MR) is 95.4 cm³/mol. The number of rotatable bonds is 2. The first kappa shape index (κ1) is 23.8. The van der Waals surface area contributed by atoms with Gasteiger partial charge < -0.3 is 24.4 Å². The van der Waals surface area contributed by atoms with Crippen LogP contribution >= 0.6 is 0 Å². The molecule has 1 saturated carbocycles. The van der Waals surface area contributed by atoms with Gasteiger partial charge in [0.1, 0.15) is 11.5 Å². The molecule has 2 atom stereocenters. The molecule has 1 heterocycles. The van der Waals surface area contributed by atoms with E-state index in [0.29, 0.717) is 24.3 Å². The summed E-state index contributed by atoms with van der Waals surface area (Å²) in [5, 5.41) is 18.4. The maximum absolute atomic E-state index is 15.2. The number of hydrogen-bond donors (Lipinski definition) is 2. The molecule has 35 heavy (non-hydrogen) atoms. The van der Waals surface area contributed by atoms with Crippen LogP contribution in [0.4, 0.5) is 26.3 Å². The monoisotopic (exact) mass is 506 g/mol. The van der Waals surface area contributed by atoms with Gasteiger partial charge in [0, 0.05) is 0 Å². The van der Waals surface area contributed by atoms with E-state index in [2.05, 4.69) is 14.2 Å². The Labute approximate surface area is 188 Å². The van der Waals surface area contributed by atoms with Crippen LogP contribution in [-0.2, 0) is 4.74 Å². The van der Waals surface area contributed by atoms with Gasteiger partial charge in [0.25, 0.3) is 0 Å². The highest BCUT2D eigenvalue weighted by atomic mass is 19.3. The summed E-state index contributed by atoms with van der Waals surface area (Å²) in [5.41, 5.74) is -4.14. The van der Waals surface area contributed by atoms with Crippen molar-refractivity contribution in [3.8, 4) is 11.5 Å². The molecule has 2 unspecified atom stereocenters. The maximum Gasteiger partial charge on any atom is 0.395 e. The topological polar surface area (TPSA) is 136 Å². The first-order valence-electron chi connectivity index (χ1n) is 9.10. The summed E-state index contributed by atoms with van der Waals surface area (Å²) in [6, 6.07) is 2.27. The number of esters is 2. The lowest BCUT2D eigenvalue weighted by molar-refractivity contribution is -0.527. The summed E-state index contributed by atoms with van der Waals surface area (Å²) in [6.45, 7) is 0. The highest BCUT2D eigenvalue weighted by Gasteiger charge is 3.03. The number of carboxylic acid groups (broad SMARTS) is 2. The van der Waals surface area contributed by atoms with Gasteiger partial charge in [-0.2, -0.15) is 26.3 Å². The second kappa shape index (κ2) is 7.10. The second-order valence-corrected chi connectivity index (χ2v) is 7.25. The van der Waals surface area contributed by atoms with Crippen LogP contribution in [0, 0.1) is 0 Å². The quantitative estimate of drug-likeness (QED) is 0.357. The third-order valence-corrected chi connectivity index (χ3v) is 5.20. The van der Waals surface area contributed by atoms with Crippen LogP contribution in [0.5, 0.6) is 11.5 Å². The van der Waals surface area contributed by atoms with E-state index in [1.807, 2.05) is 0 Å². The van der Waals surface area contributed by atoms with E-state index < -0.39 is 81.2 Å². The van der Waals surface area contributed by atoms with Crippen LogP contribution in [0.3, 0.4) is 0 Å². The van der Waals surface area contributed by atoms with E-state index in [1.165, 1.54) is 0 Å². The number of alkyl halides is 6. The van der Waals surface area contributed by atoms with E-state index >= 15 is 8.78 Å². The van der Waals surface area contributed by atoms with Gasteiger partial charge in [0.2, 0.25) is 0 Å². The van der Waals surface area contributed by atoms with Crippen LogP contribution in [0.25, 0.3) is 0 Å². The minimum atomic E-state index is -5.86. The van der Waals surface area contributed by atoms with Crippen LogP contribution < -0.4 is 9.47 Å². The molecule has 184 valence electrons. The number of halogens is 6. The minimum Gasteiger partial charge on any atom is -0.478 e. The zero-order valence-electron chi connectivity index (χ0n) is 16.5. The van der Waals surface area contributed by atoms with Gasteiger partial charge in [-0.05, 0) is 36.4 Å². The lowest BCUT2D eigenvalue weighted by Crippen LogP contribution is -2.89. The average Bonchev–Trinajstić information content (AvgIpc) is 2.77. The highest BCUT2D eigenvalue weighted by molar-refractivity contribution is 6.10. The highest BCUT2D eigenvalue weighted by Crippen LogP contribution is 2.68. The molecular weight excluding hydrogens is 498 g/mol. The molecule has 0 spiro atoms. The zero-order valence-corrected chi connectivity index (χ0v) is 16.5. The third kappa shape index (κ3) is 2.96. The fraction of sp³-hybridized carbons (Fsp3) is 0.200. The molecule has 0 aromatic heterocycles. The zero-order chi connectivity index (χ0) is 26.1. The number of hydrogen-bond acceptors (Lipinski definition) is 7. The predicted octanol–water partition coefficient (Wildman–Crippen LogP) is 3.47. The van der Waals surface area contributed by atoms with Crippen molar-refractivity contribution in [1.29, 1.82) is 0 Å². The number of benzene rings is 2. The summed E-state index contributed by atoms with van der Waals surface area (Å²) < 4.78 is 99.9. The van der Waals surface area contributed by atoms with E-state index in [0.717, 1.165) is 0 Å². The van der Waals surface area contributed by atoms with Crippen LogP contribution in [0.2, 0.25) is 0 Å². The fourth-order valence-corrected chi connectivity index (χ4v) is 3.41. The van der Waals surface area contributed by atoms with Gasteiger partial charge in [-0.15, -0.1) is 0 Å². The van der Waals surface area contributed by atoms with Crippen molar-refractivity contribution in [2.45, 2.75) is 23.6 Å². The first-order chi connectivity index (χ1) is 16.1. The Kier molecular flexibility index (Phi) is 4.84. The lowest BCUT2D eigenvalue weighted by atomic mass is 9.76. The molecule has 0 radical (unpaired) electrons. The van der Waals surface area contributed by atoms with Crippen molar-refractivity contribution in [3.05, 3.63) is 58.7 Å². The molecule has 15 heteroatoms. The van der Waals surface area contributed by atoms with E-state index in [9.17, 15) is 47.0 Å². The van der Waals surface area contributed by atoms with Gasteiger partial charge in [0.05, 0.1) is 22.3 Å². The Hall–Kier alpha value is -4.30. The smallest absolute Gasteiger partial charge is 0.395 e. The number of ether oxygens (including phenoxy) is 3. The molecule has 1 aliphatic heterocycles. The Morgan fingerprint density at radius 2 is 1.00 bits per heavy atom. The van der Waals surface area contributed by atoms with Gasteiger partial charge in [0.15, 0.2) is 0 Å². The van der Waals surface area contributed by atoms with Crippen molar-refractivity contribution < 1.29 is 69.9 Å². The van der Waals surface area contributed by atoms with Crippen LogP contribution in [0.15, 0.2) is 36.4 Å². The van der Waals surface area contributed by atoms with Crippen molar-refractivity contribution in [2.75, 3.05) is 0 Å². The Morgan fingerprint density at radius 3 is 1.31 bits per heavy atom. The average molecular weight is 506 g/mol. The molecule has 0 amide bonds. The summed E-state index contributed by atoms with van der Waals surface area (Å²) in [4.78, 5) is 47.7. The lowest BCUT2D eigenvalue weighted by Gasteiger charge is -2.55. The molecule has 2 N–H and O–H groups in total. The molecule has 2 aromatic rings. The number of aromatic carboxylic acids is 2. The maximum atomic E-state index is 15.2. The molecule has 2 aromatic carbocycles. The molecule has 9 nitrogen and oxygen atoms in total. The van der Waals surface area contributed by atoms with Crippen molar-refractivity contribution in [3.63, 3.8) is 0 Å². The number of fused-ring (bicyclic) bond motifs is 5. The molecule has 4 rings (SSSR count). The van der Waals surface area contributed by atoms with E-state index in [1.54, 1.807) is 0 Å². The number of carbonyl (C=O) groups excluding carboxylic acids is 2. The van der Waals surface area contributed by atoms with E-state index in [-0.39, 0.29) is 12.1 Å². The first-order valence-corrected chi connectivity index (χ1v) is 9.10.